The van der Waals surface area contributed by atoms with Crippen LogP contribution in [0.5, 0.6) is 11.5 Å². The van der Waals surface area contributed by atoms with Crippen LogP contribution in [0.3, 0.4) is 0 Å². The summed E-state index contributed by atoms with van der Waals surface area (Å²) in [5.74, 6) is 0.535. The number of hydrogen-bond donors (Lipinski definition) is 1. The molecule has 2 aromatic carbocycles. The molecule has 0 fully saturated rings. The van der Waals surface area contributed by atoms with E-state index >= 15 is 0 Å². The summed E-state index contributed by atoms with van der Waals surface area (Å²) in [6.07, 6.45) is 0.0597. The highest BCUT2D eigenvalue weighted by Gasteiger charge is 2.09. The molecule has 0 aliphatic heterocycles. The molecule has 1 N–H and O–H groups in total. The van der Waals surface area contributed by atoms with Crippen molar-refractivity contribution in [2.24, 2.45) is 0 Å². The fraction of sp³-hybridized carbons (Fsp3) is 0.333. The van der Waals surface area contributed by atoms with Crippen molar-refractivity contribution in [1.29, 1.82) is 0 Å². The molecular weight excluding hydrogens is 346 g/mol. The lowest BCUT2D eigenvalue weighted by Gasteiger charge is -2.09. The summed E-state index contributed by atoms with van der Waals surface area (Å²) in [5, 5.41) is 2.70. The van der Waals surface area contributed by atoms with Gasteiger partial charge in [-0.25, -0.2) is 0 Å². The number of rotatable bonds is 9. The maximum Gasteiger partial charge on any atom is 0.309 e. The highest BCUT2D eigenvalue weighted by atomic mass is 16.5. The van der Waals surface area contributed by atoms with Crippen LogP contribution in [0.15, 0.2) is 42.5 Å². The van der Waals surface area contributed by atoms with Gasteiger partial charge in [0.15, 0.2) is 6.61 Å². The molecule has 0 bridgehead atoms. The zero-order chi connectivity index (χ0) is 19.6. The summed E-state index contributed by atoms with van der Waals surface area (Å²) in [7, 11) is 0. The molecule has 1 amide bonds. The molecule has 0 aliphatic rings. The third kappa shape index (κ3) is 7.01. The number of anilines is 1. The van der Waals surface area contributed by atoms with Crippen LogP contribution >= 0.6 is 0 Å². The Hall–Kier alpha value is -3.02. The zero-order valence-corrected chi connectivity index (χ0v) is 15.9. The quantitative estimate of drug-likeness (QED) is 0.681. The van der Waals surface area contributed by atoms with E-state index in [1.807, 2.05) is 39.0 Å². The van der Waals surface area contributed by atoms with E-state index in [2.05, 4.69) is 5.32 Å². The molecule has 6 heteroatoms. The second-order valence-electron chi connectivity index (χ2n) is 6.01. The first kappa shape index (κ1) is 20.3. The second kappa shape index (κ2) is 10.2. The van der Waals surface area contributed by atoms with Crippen molar-refractivity contribution in [1.82, 2.24) is 0 Å². The first-order chi connectivity index (χ1) is 13.0. The number of carbonyl (C=O) groups is 2. The Kier molecular flexibility index (Phi) is 7.67. The van der Waals surface area contributed by atoms with Crippen molar-refractivity contribution in [3.8, 4) is 11.5 Å². The molecule has 6 nitrogen and oxygen atoms in total. The van der Waals surface area contributed by atoms with Gasteiger partial charge in [-0.05, 0) is 68.3 Å². The van der Waals surface area contributed by atoms with Crippen LogP contribution in [0.4, 0.5) is 5.69 Å². The average molecular weight is 371 g/mol. The largest absolute Gasteiger partial charge is 0.494 e. The summed E-state index contributed by atoms with van der Waals surface area (Å²) in [5.41, 5.74) is 2.90. The molecule has 0 spiro atoms. The first-order valence-corrected chi connectivity index (χ1v) is 8.86. The van der Waals surface area contributed by atoms with Crippen LogP contribution in [-0.4, -0.2) is 31.7 Å². The van der Waals surface area contributed by atoms with Gasteiger partial charge >= 0.3 is 5.97 Å². The lowest BCUT2D eigenvalue weighted by molar-refractivity contribution is -0.147. The summed E-state index contributed by atoms with van der Waals surface area (Å²) in [4.78, 5) is 23.6. The Morgan fingerprint density at radius 2 is 1.59 bits per heavy atom. The number of carbonyl (C=O) groups excluding carboxylic acids is 2. The van der Waals surface area contributed by atoms with E-state index in [0.717, 1.165) is 16.9 Å². The molecule has 0 aromatic heterocycles. The smallest absolute Gasteiger partial charge is 0.309 e. The molecule has 2 rings (SSSR count). The highest BCUT2D eigenvalue weighted by Crippen LogP contribution is 2.17. The van der Waals surface area contributed by atoms with Crippen LogP contribution < -0.4 is 14.8 Å². The van der Waals surface area contributed by atoms with E-state index in [9.17, 15) is 9.59 Å². The van der Waals surface area contributed by atoms with Gasteiger partial charge in [0.25, 0.3) is 5.91 Å². The Morgan fingerprint density at radius 3 is 2.22 bits per heavy atom. The van der Waals surface area contributed by atoms with Gasteiger partial charge in [-0.1, -0.05) is 6.07 Å². The minimum absolute atomic E-state index is 0.0597. The predicted molar refractivity (Wildman–Crippen MR) is 103 cm³/mol. The number of amides is 1. The standard InChI is InChI=1S/C21H25NO5/c1-4-25-18-7-9-19(10-8-18)26-12-11-21(24)27-14-20(23)22-17-6-5-15(2)16(3)13-17/h5-10,13H,4,11-12,14H2,1-3H3,(H,22,23). The fourth-order valence-corrected chi connectivity index (χ4v) is 2.29. The third-order valence-corrected chi connectivity index (χ3v) is 3.86. The van der Waals surface area contributed by atoms with Gasteiger partial charge in [-0.2, -0.15) is 0 Å². The molecule has 0 radical (unpaired) electrons. The monoisotopic (exact) mass is 371 g/mol. The van der Waals surface area contributed by atoms with Crippen molar-refractivity contribution < 1.29 is 23.8 Å². The molecule has 0 saturated heterocycles. The predicted octanol–water partition coefficient (Wildman–Crippen LogP) is 3.65. The summed E-state index contributed by atoms with van der Waals surface area (Å²) >= 11 is 0. The van der Waals surface area contributed by atoms with Crippen molar-refractivity contribution in [3.63, 3.8) is 0 Å². The molecule has 2 aromatic rings. The van der Waals surface area contributed by atoms with E-state index in [-0.39, 0.29) is 25.5 Å². The lowest BCUT2D eigenvalue weighted by atomic mass is 10.1. The minimum Gasteiger partial charge on any atom is -0.494 e. The van der Waals surface area contributed by atoms with Crippen molar-refractivity contribution in [2.75, 3.05) is 25.1 Å². The van der Waals surface area contributed by atoms with E-state index < -0.39 is 5.97 Å². The molecule has 0 saturated carbocycles. The second-order valence-corrected chi connectivity index (χ2v) is 6.01. The molecule has 144 valence electrons. The zero-order valence-electron chi connectivity index (χ0n) is 15.9. The maximum atomic E-state index is 11.9. The van der Waals surface area contributed by atoms with Gasteiger partial charge in [0, 0.05) is 5.69 Å². The normalized spacial score (nSPS) is 10.2. The molecule has 0 unspecified atom stereocenters. The third-order valence-electron chi connectivity index (χ3n) is 3.86. The number of benzene rings is 2. The minimum atomic E-state index is -0.490. The van der Waals surface area contributed by atoms with Gasteiger partial charge in [-0.15, -0.1) is 0 Å². The van der Waals surface area contributed by atoms with E-state index in [1.165, 1.54) is 0 Å². The lowest BCUT2D eigenvalue weighted by Crippen LogP contribution is -2.21. The van der Waals surface area contributed by atoms with Gasteiger partial charge in [0.2, 0.25) is 0 Å². The summed E-state index contributed by atoms with van der Waals surface area (Å²) in [6, 6.07) is 12.8. The molecule has 27 heavy (non-hydrogen) atoms. The Labute approximate surface area is 159 Å². The number of aryl methyl sites for hydroxylation is 2. The van der Waals surface area contributed by atoms with Crippen LogP contribution in [0.2, 0.25) is 0 Å². The number of nitrogens with one attached hydrogen (secondary N) is 1. The highest BCUT2D eigenvalue weighted by molar-refractivity contribution is 5.92. The van der Waals surface area contributed by atoms with Gasteiger partial charge in [0.1, 0.15) is 11.5 Å². The van der Waals surface area contributed by atoms with Gasteiger partial charge in [-0.3, -0.25) is 9.59 Å². The SMILES string of the molecule is CCOc1ccc(OCCC(=O)OCC(=O)Nc2ccc(C)c(C)c2)cc1. The van der Waals surface area contributed by atoms with E-state index in [4.69, 9.17) is 14.2 Å². The van der Waals surface area contributed by atoms with Crippen molar-refractivity contribution in [3.05, 3.63) is 53.6 Å². The van der Waals surface area contributed by atoms with Gasteiger partial charge < -0.3 is 19.5 Å². The summed E-state index contributed by atoms with van der Waals surface area (Å²) < 4.78 is 15.8. The topological polar surface area (TPSA) is 73.9 Å². The van der Waals surface area contributed by atoms with E-state index in [1.54, 1.807) is 24.3 Å². The van der Waals surface area contributed by atoms with Crippen molar-refractivity contribution in [2.45, 2.75) is 27.2 Å². The maximum absolute atomic E-state index is 11.9. The molecule has 0 aliphatic carbocycles. The Balaban J connectivity index is 1.66. The number of hydrogen-bond acceptors (Lipinski definition) is 5. The average Bonchev–Trinajstić information content (AvgIpc) is 2.65. The first-order valence-electron chi connectivity index (χ1n) is 8.86. The number of esters is 1. The van der Waals surface area contributed by atoms with Crippen LogP contribution in [0, 0.1) is 13.8 Å². The van der Waals surface area contributed by atoms with Crippen LogP contribution in [-0.2, 0) is 14.3 Å². The summed E-state index contributed by atoms with van der Waals surface area (Å²) in [6.45, 7) is 6.33. The molecular formula is C21H25NO5. The van der Waals surface area contributed by atoms with Crippen LogP contribution in [0.1, 0.15) is 24.5 Å². The number of ether oxygens (including phenoxy) is 3. The van der Waals surface area contributed by atoms with E-state index in [0.29, 0.717) is 18.0 Å². The molecule has 0 atom stereocenters. The molecule has 0 heterocycles. The fourth-order valence-electron chi connectivity index (χ4n) is 2.29. The van der Waals surface area contributed by atoms with Gasteiger partial charge in [0.05, 0.1) is 19.6 Å². The Bertz CT molecular complexity index is 771. The van der Waals surface area contributed by atoms with Crippen molar-refractivity contribution >= 4 is 17.6 Å². The van der Waals surface area contributed by atoms with Crippen LogP contribution in [0.25, 0.3) is 0 Å². The Morgan fingerprint density at radius 1 is 0.926 bits per heavy atom.